The van der Waals surface area contributed by atoms with Gasteiger partial charge in [0, 0.05) is 25.8 Å². The Morgan fingerprint density at radius 3 is 3.00 bits per heavy atom. The highest BCUT2D eigenvalue weighted by Crippen LogP contribution is 2.34. The van der Waals surface area contributed by atoms with Gasteiger partial charge in [-0.05, 0) is 28.9 Å². The second-order valence-electron chi connectivity index (χ2n) is 3.84. The fourth-order valence-electron chi connectivity index (χ4n) is 1.93. The molecule has 0 bridgehead atoms. The van der Waals surface area contributed by atoms with Crippen molar-refractivity contribution in [1.82, 2.24) is 10.3 Å². The predicted molar refractivity (Wildman–Crippen MR) is 68.3 cm³/mol. The molecule has 1 fully saturated rings. The molecule has 2 rings (SSSR count). The van der Waals surface area contributed by atoms with Gasteiger partial charge >= 0.3 is 5.69 Å². The lowest BCUT2D eigenvalue weighted by atomic mass is 10.3. The predicted octanol–water partition coefficient (Wildman–Crippen LogP) is 1.55. The normalized spacial score (nSPS) is 16.6. The van der Waals surface area contributed by atoms with Crippen molar-refractivity contribution >= 4 is 27.3 Å². The van der Waals surface area contributed by atoms with E-state index in [0.717, 1.165) is 32.6 Å². The first-order valence-electron chi connectivity index (χ1n) is 5.43. The van der Waals surface area contributed by atoms with Crippen molar-refractivity contribution in [2.75, 3.05) is 31.1 Å². The van der Waals surface area contributed by atoms with Crippen LogP contribution >= 0.6 is 15.9 Å². The van der Waals surface area contributed by atoms with E-state index < -0.39 is 0 Å². The summed E-state index contributed by atoms with van der Waals surface area (Å²) in [5.74, 6) is 0. The van der Waals surface area contributed by atoms with Crippen LogP contribution in [0.3, 0.4) is 0 Å². The van der Waals surface area contributed by atoms with E-state index in [1.54, 1.807) is 6.20 Å². The molecule has 1 aliphatic rings. The fraction of sp³-hybridized carbons (Fsp3) is 0.500. The van der Waals surface area contributed by atoms with Crippen LogP contribution in [0, 0.1) is 10.1 Å². The van der Waals surface area contributed by atoms with Crippen LogP contribution in [0.2, 0.25) is 0 Å². The summed E-state index contributed by atoms with van der Waals surface area (Å²) < 4.78 is 0.675. The van der Waals surface area contributed by atoms with Crippen LogP contribution < -0.4 is 10.2 Å². The zero-order valence-electron chi connectivity index (χ0n) is 9.23. The van der Waals surface area contributed by atoms with Gasteiger partial charge in [0.25, 0.3) is 0 Å². The molecule has 7 heteroatoms. The van der Waals surface area contributed by atoms with Crippen molar-refractivity contribution in [3.8, 4) is 0 Å². The Morgan fingerprint density at radius 1 is 1.41 bits per heavy atom. The number of hydrogen-bond donors (Lipinski definition) is 1. The number of nitro groups is 1. The summed E-state index contributed by atoms with van der Waals surface area (Å²) in [4.78, 5) is 16.5. The molecule has 6 nitrogen and oxygen atoms in total. The minimum absolute atomic E-state index is 0.0567. The fourth-order valence-corrected chi connectivity index (χ4v) is 2.51. The summed E-state index contributed by atoms with van der Waals surface area (Å²) in [6.07, 6.45) is 3.88. The maximum absolute atomic E-state index is 11.0. The van der Waals surface area contributed by atoms with Crippen LogP contribution in [-0.4, -0.2) is 36.1 Å². The molecule has 1 aromatic heterocycles. The maximum Gasteiger partial charge on any atom is 0.311 e. The third-order valence-corrected chi connectivity index (χ3v) is 3.29. The maximum atomic E-state index is 11.0. The average molecular weight is 301 g/mol. The molecule has 1 aromatic rings. The molecule has 1 aliphatic heterocycles. The molecule has 0 saturated carbocycles. The van der Waals surface area contributed by atoms with Gasteiger partial charge in [-0.25, -0.2) is 0 Å². The summed E-state index contributed by atoms with van der Waals surface area (Å²) in [6.45, 7) is 3.37. The topological polar surface area (TPSA) is 71.3 Å². The Balaban J connectivity index is 2.37. The molecule has 0 aromatic carbocycles. The van der Waals surface area contributed by atoms with Crippen molar-refractivity contribution in [3.63, 3.8) is 0 Å². The number of rotatable bonds is 2. The standard InChI is InChI=1S/C10H13BrN4O2/c11-8-6-13-7-9(15(16)17)10(8)14-4-1-2-12-3-5-14/h6-7,12H,1-5H2. The van der Waals surface area contributed by atoms with Crippen molar-refractivity contribution in [2.45, 2.75) is 6.42 Å². The smallest absolute Gasteiger partial charge is 0.311 e. The summed E-state index contributed by atoms with van der Waals surface area (Å²) in [5, 5.41) is 14.3. The number of halogens is 1. The Kier molecular flexibility index (Phi) is 3.90. The molecule has 17 heavy (non-hydrogen) atoms. The van der Waals surface area contributed by atoms with E-state index in [4.69, 9.17) is 0 Å². The van der Waals surface area contributed by atoms with Gasteiger partial charge < -0.3 is 10.2 Å². The van der Waals surface area contributed by atoms with Gasteiger partial charge in [0.2, 0.25) is 0 Å². The van der Waals surface area contributed by atoms with Crippen LogP contribution in [0.4, 0.5) is 11.4 Å². The van der Waals surface area contributed by atoms with E-state index >= 15 is 0 Å². The zero-order chi connectivity index (χ0) is 12.3. The first-order chi connectivity index (χ1) is 8.20. The van der Waals surface area contributed by atoms with Gasteiger partial charge in [0.1, 0.15) is 11.9 Å². The van der Waals surface area contributed by atoms with Crippen molar-refractivity contribution < 1.29 is 4.92 Å². The van der Waals surface area contributed by atoms with E-state index in [0.29, 0.717) is 10.2 Å². The van der Waals surface area contributed by atoms with Crippen LogP contribution in [0.25, 0.3) is 0 Å². The summed E-state index contributed by atoms with van der Waals surface area (Å²) in [6, 6.07) is 0. The van der Waals surface area contributed by atoms with Crippen molar-refractivity contribution in [3.05, 3.63) is 27.0 Å². The van der Waals surface area contributed by atoms with Gasteiger partial charge in [0.15, 0.2) is 0 Å². The second kappa shape index (κ2) is 5.42. The molecular formula is C10H13BrN4O2. The number of anilines is 1. The largest absolute Gasteiger partial charge is 0.364 e. The van der Waals surface area contributed by atoms with E-state index in [2.05, 4.69) is 26.2 Å². The third kappa shape index (κ3) is 2.73. The highest BCUT2D eigenvalue weighted by molar-refractivity contribution is 9.10. The summed E-state index contributed by atoms with van der Waals surface area (Å²) >= 11 is 3.35. The highest BCUT2D eigenvalue weighted by atomic mass is 79.9. The quantitative estimate of drug-likeness (QED) is 0.663. The van der Waals surface area contributed by atoms with Crippen molar-refractivity contribution in [1.29, 1.82) is 0 Å². The minimum atomic E-state index is -0.384. The van der Waals surface area contributed by atoms with E-state index in [-0.39, 0.29) is 10.6 Å². The lowest BCUT2D eigenvalue weighted by Crippen LogP contribution is -2.28. The lowest BCUT2D eigenvalue weighted by Gasteiger charge is -2.22. The molecule has 0 amide bonds. The SMILES string of the molecule is O=[N+]([O-])c1cncc(Br)c1N1CCCNCC1. The Labute approximate surface area is 107 Å². The molecule has 1 N–H and O–H groups in total. The molecule has 92 valence electrons. The monoisotopic (exact) mass is 300 g/mol. The Hall–Kier alpha value is -1.21. The van der Waals surface area contributed by atoms with Crippen LogP contribution in [0.5, 0.6) is 0 Å². The lowest BCUT2D eigenvalue weighted by molar-refractivity contribution is -0.384. The number of hydrogen-bond acceptors (Lipinski definition) is 5. The van der Waals surface area contributed by atoms with E-state index in [1.807, 2.05) is 4.90 Å². The number of pyridine rings is 1. The molecule has 0 spiro atoms. The Morgan fingerprint density at radius 2 is 2.24 bits per heavy atom. The zero-order valence-corrected chi connectivity index (χ0v) is 10.8. The molecule has 0 aliphatic carbocycles. The van der Waals surface area contributed by atoms with Gasteiger partial charge in [-0.1, -0.05) is 0 Å². The van der Waals surface area contributed by atoms with Crippen LogP contribution in [0.15, 0.2) is 16.9 Å². The van der Waals surface area contributed by atoms with Gasteiger partial charge in [-0.15, -0.1) is 0 Å². The van der Waals surface area contributed by atoms with E-state index in [1.165, 1.54) is 6.20 Å². The number of nitrogens with one attached hydrogen (secondary N) is 1. The third-order valence-electron chi connectivity index (χ3n) is 2.71. The summed E-state index contributed by atoms with van der Waals surface area (Å²) in [7, 11) is 0. The Bertz CT molecular complexity index is 419. The first kappa shape index (κ1) is 12.3. The average Bonchev–Trinajstić information content (AvgIpc) is 2.57. The molecule has 0 atom stereocenters. The first-order valence-corrected chi connectivity index (χ1v) is 6.23. The molecule has 2 heterocycles. The second-order valence-corrected chi connectivity index (χ2v) is 4.69. The minimum Gasteiger partial charge on any atom is -0.364 e. The van der Waals surface area contributed by atoms with E-state index in [9.17, 15) is 10.1 Å². The molecule has 0 radical (unpaired) electrons. The van der Waals surface area contributed by atoms with Gasteiger partial charge in [-0.2, -0.15) is 0 Å². The number of aromatic nitrogens is 1. The summed E-state index contributed by atoms with van der Waals surface area (Å²) in [5.41, 5.74) is 0.690. The molecular weight excluding hydrogens is 288 g/mol. The van der Waals surface area contributed by atoms with Gasteiger partial charge in [0.05, 0.1) is 9.40 Å². The molecule has 0 unspecified atom stereocenters. The number of nitrogens with zero attached hydrogens (tertiary/aromatic N) is 3. The van der Waals surface area contributed by atoms with Crippen LogP contribution in [-0.2, 0) is 0 Å². The van der Waals surface area contributed by atoms with Crippen LogP contribution in [0.1, 0.15) is 6.42 Å². The van der Waals surface area contributed by atoms with Crippen molar-refractivity contribution in [2.24, 2.45) is 0 Å². The van der Waals surface area contributed by atoms with Gasteiger partial charge in [-0.3, -0.25) is 15.1 Å². The molecule has 1 saturated heterocycles. The highest BCUT2D eigenvalue weighted by Gasteiger charge is 2.23.